The topological polar surface area (TPSA) is 29.1 Å². The van der Waals surface area contributed by atoms with Gasteiger partial charge in [0.25, 0.3) is 5.91 Å². The van der Waals surface area contributed by atoms with Crippen molar-refractivity contribution in [3.05, 3.63) is 45.1 Å². The number of amides is 1. The standard InChI is InChI=1S/C12H10BrNOS2/c1-16-10-4-2-3-9(6-10)14-12(15)8-5-11(13)17-7-8/h2-7H,1H3,(H,14,15). The van der Waals surface area contributed by atoms with Crippen LogP contribution in [-0.4, -0.2) is 12.2 Å². The van der Waals surface area contributed by atoms with Crippen LogP contribution in [0.5, 0.6) is 0 Å². The highest BCUT2D eigenvalue weighted by atomic mass is 79.9. The van der Waals surface area contributed by atoms with E-state index in [4.69, 9.17) is 0 Å². The van der Waals surface area contributed by atoms with Gasteiger partial charge in [-0.2, -0.15) is 0 Å². The van der Waals surface area contributed by atoms with Crippen LogP contribution in [-0.2, 0) is 0 Å². The molecule has 0 radical (unpaired) electrons. The maximum absolute atomic E-state index is 11.9. The van der Waals surface area contributed by atoms with Crippen LogP contribution in [0, 0.1) is 0 Å². The highest BCUT2D eigenvalue weighted by Gasteiger charge is 2.08. The molecular weight excluding hydrogens is 318 g/mol. The van der Waals surface area contributed by atoms with Crippen LogP contribution in [0.2, 0.25) is 0 Å². The fraction of sp³-hybridized carbons (Fsp3) is 0.0833. The summed E-state index contributed by atoms with van der Waals surface area (Å²) in [5.41, 5.74) is 1.50. The monoisotopic (exact) mass is 327 g/mol. The van der Waals surface area contributed by atoms with Gasteiger partial charge >= 0.3 is 0 Å². The van der Waals surface area contributed by atoms with Crippen LogP contribution in [0.4, 0.5) is 5.69 Å². The Morgan fingerprint density at radius 1 is 1.41 bits per heavy atom. The molecule has 1 amide bonds. The summed E-state index contributed by atoms with van der Waals surface area (Å²) in [7, 11) is 0. The van der Waals surface area contributed by atoms with Gasteiger partial charge < -0.3 is 5.32 Å². The van der Waals surface area contributed by atoms with E-state index in [-0.39, 0.29) is 5.91 Å². The zero-order valence-electron chi connectivity index (χ0n) is 9.07. The first-order valence-electron chi connectivity index (χ1n) is 4.88. The third-order valence-electron chi connectivity index (χ3n) is 2.16. The molecule has 1 aromatic carbocycles. The number of hydrogen-bond acceptors (Lipinski definition) is 3. The summed E-state index contributed by atoms with van der Waals surface area (Å²) in [6.45, 7) is 0. The smallest absolute Gasteiger partial charge is 0.256 e. The molecule has 1 heterocycles. The second-order valence-corrected chi connectivity index (χ2v) is 6.50. The van der Waals surface area contributed by atoms with Gasteiger partial charge in [-0.05, 0) is 46.5 Å². The molecule has 17 heavy (non-hydrogen) atoms. The van der Waals surface area contributed by atoms with E-state index in [1.54, 1.807) is 11.8 Å². The van der Waals surface area contributed by atoms with Gasteiger partial charge in [0.1, 0.15) is 0 Å². The molecule has 2 rings (SSSR count). The van der Waals surface area contributed by atoms with Crippen LogP contribution in [0.1, 0.15) is 10.4 Å². The largest absolute Gasteiger partial charge is 0.322 e. The Kier molecular flexibility index (Phi) is 4.25. The molecule has 0 spiro atoms. The maximum Gasteiger partial charge on any atom is 0.256 e. The third-order valence-corrected chi connectivity index (χ3v) is 4.39. The summed E-state index contributed by atoms with van der Waals surface area (Å²) >= 11 is 6.50. The predicted molar refractivity (Wildman–Crippen MR) is 78.2 cm³/mol. The molecular formula is C12H10BrNOS2. The molecule has 2 aromatic rings. The van der Waals surface area contributed by atoms with Gasteiger partial charge in [0.2, 0.25) is 0 Å². The average molecular weight is 328 g/mol. The second-order valence-electron chi connectivity index (χ2n) is 3.33. The maximum atomic E-state index is 11.9. The van der Waals surface area contributed by atoms with E-state index in [0.717, 1.165) is 14.4 Å². The number of carbonyl (C=O) groups excluding carboxylic acids is 1. The number of thiophene rings is 1. The van der Waals surface area contributed by atoms with Crippen molar-refractivity contribution in [2.75, 3.05) is 11.6 Å². The number of nitrogens with one attached hydrogen (secondary N) is 1. The van der Waals surface area contributed by atoms with Crippen LogP contribution in [0.3, 0.4) is 0 Å². The highest BCUT2D eigenvalue weighted by Crippen LogP contribution is 2.23. The number of rotatable bonds is 3. The number of thioether (sulfide) groups is 1. The number of benzene rings is 1. The Labute approximate surface area is 117 Å². The molecule has 0 saturated heterocycles. The van der Waals surface area contributed by atoms with Crippen molar-refractivity contribution in [1.29, 1.82) is 0 Å². The van der Waals surface area contributed by atoms with E-state index in [2.05, 4.69) is 21.2 Å². The molecule has 0 unspecified atom stereocenters. The minimum Gasteiger partial charge on any atom is -0.322 e. The van der Waals surface area contributed by atoms with Crippen LogP contribution in [0.25, 0.3) is 0 Å². The van der Waals surface area contributed by atoms with Crippen molar-refractivity contribution >= 4 is 50.6 Å². The molecule has 1 N–H and O–H groups in total. The van der Waals surface area contributed by atoms with E-state index in [1.807, 2.05) is 42.0 Å². The summed E-state index contributed by atoms with van der Waals surface area (Å²) < 4.78 is 0.959. The first-order valence-corrected chi connectivity index (χ1v) is 7.78. The quantitative estimate of drug-likeness (QED) is 0.842. The van der Waals surface area contributed by atoms with Gasteiger partial charge in [0.05, 0.1) is 9.35 Å². The summed E-state index contributed by atoms with van der Waals surface area (Å²) in [6.07, 6.45) is 2.01. The highest BCUT2D eigenvalue weighted by molar-refractivity contribution is 9.11. The molecule has 0 bridgehead atoms. The molecule has 0 fully saturated rings. The molecule has 0 aliphatic heterocycles. The van der Waals surface area contributed by atoms with Gasteiger partial charge in [-0.1, -0.05) is 6.07 Å². The fourth-order valence-electron chi connectivity index (χ4n) is 1.33. The van der Waals surface area contributed by atoms with E-state index in [0.29, 0.717) is 5.56 Å². The Morgan fingerprint density at radius 2 is 2.24 bits per heavy atom. The zero-order valence-corrected chi connectivity index (χ0v) is 12.3. The number of anilines is 1. The lowest BCUT2D eigenvalue weighted by molar-refractivity contribution is 0.102. The Balaban J connectivity index is 2.12. The average Bonchev–Trinajstić information content (AvgIpc) is 2.76. The van der Waals surface area contributed by atoms with E-state index in [1.165, 1.54) is 11.3 Å². The minimum absolute atomic E-state index is 0.0785. The Hall–Kier alpha value is -0.780. The van der Waals surface area contributed by atoms with Crippen molar-refractivity contribution in [3.63, 3.8) is 0 Å². The van der Waals surface area contributed by atoms with E-state index in [9.17, 15) is 4.79 Å². The predicted octanol–water partition coefficient (Wildman–Crippen LogP) is 4.48. The van der Waals surface area contributed by atoms with Crippen molar-refractivity contribution in [1.82, 2.24) is 0 Å². The first-order chi connectivity index (χ1) is 8.19. The summed E-state index contributed by atoms with van der Waals surface area (Å²) in [4.78, 5) is 13.0. The lowest BCUT2D eigenvalue weighted by Crippen LogP contribution is -2.10. The summed E-state index contributed by atoms with van der Waals surface area (Å²) in [5, 5.41) is 4.71. The van der Waals surface area contributed by atoms with Gasteiger partial charge in [-0.25, -0.2) is 0 Å². The van der Waals surface area contributed by atoms with Gasteiger partial charge in [0.15, 0.2) is 0 Å². The van der Waals surface area contributed by atoms with Crippen LogP contribution < -0.4 is 5.32 Å². The Bertz CT molecular complexity index is 539. The molecule has 5 heteroatoms. The number of halogens is 1. The molecule has 0 aliphatic rings. The fourth-order valence-corrected chi connectivity index (χ4v) is 2.93. The van der Waals surface area contributed by atoms with Crippen molar-refractivity contribution in [2.45, 2.75) is 4.90 Å². The lowest BCUT2D eigenvalue weighted by atomic mass is 10.3. The summed E-state index contributed by atoms with van der Waals surface area (Å²) in [5.74, 6) is -0.0785. The normalized spacial score (nSPS) is 10.2. The number of carbonyl (C=O) groups is 1. The Morgan fingerprint density at radius 3 is 2.88 bits per heavy atom. The molecule has 1 aromatic heterocycles. The summed E-state index contributed by atoms with van der Waals surface area (Å²) in [6, 6.07) is 9.62. The molecule has 2 nitrogen and oxygen atoms in total. The molecule has 0 aliphatic carbocycles. The second kappa shape index (κ2) is 5.71. The van der Waals surface area contributed by atoms with Gasteiger partial charge in [-0.15, -0.1) is 23.1 Å². The van der Waals surface area contributed by atoms with Crippen molar-refractivity contribution in [2.24, 2.45) is 0 Å². The van der Waals surface area contributed by atoms with E-state index >= 15 is 0 Å². The zero-order chi connectivity index (χ0) is 12.3. The molecule has 0 atom stereocenters. The van der Waals surface area contributed by atoms with Crippen molar-refractivity contribution < 1.29 is 4.79 Å². The van der Waals surface area contributed by atoms with Crippen molar-refractivity contribution in [3.8, 4) is 0 Å². The number of hydrogen-bond donors (Lipinski definition) is 1. The molecule has 0 saturated carbocycles. The van der Waals surface area contributed by atoms with Gasteiger partial charge in [0, 0.05) is 16.0 Å². The first kappa shape index (κ1) is 12.7. The lowest BCUT2D eigenvalue weighted by Gasteiger charge is -2.05. The van der Waals surface area contributed by atoms with Gasteiger partial charge in [-0.3, -0.25) is 4.79 Å². The SMILES string of the molecule is CSc1cccc(NC(=O)c2csc(Br)c2)c1. The van der Waals surface area contributed by atoms with E-state index < -0.39 is 0 Å². The van der Waals surface area contributed by atoms with Crippen LogP contribution >= 0.6 is 39.0 Å². The van der Waals surface area contributed by atoms with Crippen LogP contribution in [0.15, 0.2) is 44.4 Å². The molecule has 88 valence electrons. The third kappa shape index (κ3) is 3.34. The minimum atomic E-state index is -0.0785.